The van der Waals surface area contributed by atoms with Crippen LogP contribution in [0.3, 0.4) is 0 Å². The lowest BCUT2D eigenvalue weighted by molar-refractivity contribution is 0.0207. The molecule has 0 saturated carbocycles. The number of hydrogen-bond donors (Lipinski definition) is 2. The molecule has 0 aliphatic heterocycles. The molecule has 3 N–H and O–H groups in total. The van der Waals surface area contributed by atoms with E-state index in [1.165, 1.54) is 0 Å². The second-order valence-electron chi connectivity index (χ2n) is 2.87. The van der Waals surface area contributed by atoms with E-state index >= 15 is 0 Å². The summed E-state index contributed by atoms with van der Waals surface area (Å²) in [6, 6.07) is 0. The minimum Gasteiger partial charge on any atom is -0.390 e. The van der Waals surface area contributed by atoms with E-state index in [2.05, 4.69) is 6.92 Å². The van der Waals surface area contributed by atoms with Crippen LogP contribution in [-0.2, 0) is 0 Å². The van der Waals surface area contributed by atoms with E-state index in [1.807, 2.05) is 6.92 Å². The van der Waals surface area contributed by atoms with Gasteiger partial charge in [0.25, 0.3) is 0 Å². The Bertz CT molecular complexity index is 77.3. The molecule has 0 aliphatic rings. The molecule has 1 atom stereocenters. The first-order chi connectivity index (χ1) is 4.68. The Balaban J connectivity index is 3.69. The zero-order valence-corrected chi connectivity index (χ0v) is 7.06. The van der Waals surface area contributed by atoms with Crippen molar-refractivity contribution in [2.75, 3.05) is 6.54 Å². The fraction of sp³-hybridized carbons (Fsp3) is 1.00. The molecule has 10 heavy (non-hydrogen) atoms. The number of hydrogen-bond acceptors (Lipinski definition) is 2. The highest BCUT2D eigenvalue weighted by Crippen LogP contribution is 2.20. The van der Waals surface area contributed by atoms with Crippen LogP contribution in [-0.4, -0.2) is 17.3 Å². The number of rotatable bonds is 5. The summed E-state index contributed by atoms with van der Waals surface area (Å²) in [4.78, 5) is 0. The summed E-state index contributed by atoms with van der Waals surface area (Å²) in [6.07, 6.45) is 3.46. The van der Waals surface area contributed by atoms with Crippen LogP contribution >= 0.6 is 0 Å². The average molecular weight is 145 g/mol. The third-order valence-electron chi connectivity index (χ3n) is 1.98. The predicted molar refractivity (Wildman–Crippen MR) is 43.8 cm³/mol. The lowest BCUT2D eigenvalue weighted by atomic mass is 9.91. The van der Waals surface area contributed by atoms with E-state index in [9.17, 15) is 5.11 Å². The van der Waals surface area contributed by atoms with Gasteiger partial charge in [0.05, 0.1) is 5.60 Å². The maximum absolute atomic E-state index is 9.74. The van der Waals surface area contributed by atoms with Crippen molar-refractivity contribution in [1.29, 1.82) is 0 Å². The highest BCUT2D eigenvalue weighted by Gasteiger charge is 2.21. The monoisotopic (exact) mass is 145 g/mol. The molecule has 62 valence electrons. The van der Waals surface area contributed by atoms with Gasteiger partial charge in [-0.25, -0.2) is 0 Å². The van der Waals surface area contributed by atoms with Gasteiger partial charge in [0.2, 0.25) is 0 Å². The fourth-order valence-corrected chi connectivity index (χ4v) is 1.21. The average Bonchev–Trinajstić information content (AvgIpc) is 1.89. The van der Waals surface area contributed by atoms with Crippen molar-refractivity contribution >= 4 is 0 Å². The molecule has 0 aromatic heterocycles. The summed E-state index contributed by atoms with van der Waals surface area (Å²) < 4.78 is 0. The van der Waals surface area contributed by atoms with Crippen LogP contribution in [0.2, 0.25) is 0 Å². The second kappa shape index (κ2) is 4.69. The van der Waals surface area contributed by atoms with Crippen molar-refractivity contribution in [3.8, 4) is 0 Å². The molecular formula is C8H19NO. The summed E-state index contributed by atoms with van der Waals surface area (Å²) >= 11 is 0. The highest BCUT2D eigenvalue weighted by molar-refractivity contribution is 4.75. The van der Waals surface area contributed by atoms with Crippen molar-refractivity contribution in [2.45, 2.75) is 45.1 Å². The SMILES string of the molecule is CCCC(O)(CC)CCN. The van der Waals surface area contributed by atoms with Gasteiger partial charge in [-0.1, -0.05) is 20.3 Å². The first-order valence-electron chi connectivity index (χ1n) is 4.11. The molecule has 0 heterocycles. The Morgan fingerprint density at radius 3 is 2.20 bits per heavy atom. The van der Waals surface area contributed by atoms with Crippen LogP contribution < -0.4 is 5.73 Å². The van der Waals surface area contributed by atoms with Gasteiger partial charge in [0.1, 0.15) is 0 Å². The van der Waals surface area contributed by atoms with Gasteiger partial charge in [-0.15, -0.1) is 0 Å². The summed E-state index contributed by atoms with van der Waals surface area (Å²) in [6.45, 7) is 4.67. The molecule has 0 amide bonds. The van der Waals surface area contributed by atoms with E-state index in [1.54, 1.807) is 0 Å². The quantitative estimate of drug-likeness (QED) is 0.612. The Kier molecular flexibility index (Phi) is 4.65. The largest absolute Gasteiger partial charge is 0.390 e. The molecule has 0 radical (unpaired) electrons. The Morgan fingerprint density at radius 1 is 1.30 bits per heavy atom. The van der Waals surface area contributed by atoms with Crippen LogP contribution in [0, 0.1) is 0 Å². The zero-order valence-electron chi connectivity index (χ0n) is 7.06. The molecule has 0 rings (SSSR count). The molecule has 2 heteroatoms. The molecule has 0 spiro atoms. The Morgan fingerprint density at radius 2 is 1.90 bits per heavy atom. The van der Waals surface area contributed by atoms with E-state index < -0.39 is 5.60 Å². The molecule has 0 saturated heterocycles. The topological polar surface area (TPSA) is 46.2 Å². The van der Waals surface area contributed by atoms with Crippen molar-refractivity contribution < 1.29 is 5.11 Å². The number of aliphatic hydroxyl groups is 1. The van der Waals surface area contributed by atoms with Gasteiger partial charge < -0.3 is 10.8 Å². The van der Waals surface area contributed by atoms with E-state index in [4.69, 9.17) is 5.73 Å². The van der Waals surface area contributed by atoms with Gasteiger partial charge >= 0.3 is 0 Å². The first kappa shape index (κ1) is 9.92. The van der Waals surface area contributed by atoms with Crippen molar-refractivity contribution in [3.63, 3.8) is 0 Å². The van der Waals surface area contributed by atoms with Gasteiger partial charge in [-0.3, -0.25) is 0 Å². The molecule has 0 aliphatic carbocycles. The van der Waals surface area contributed by atoms with Crippen LogP contribution in [0.25, 0.3) is 0 Å². The molecule has 0 aromatic rings. The van der Waals surface area contributed by atoms with Gasteiger partial charge in [-0.05, 0) is 25.8 Å². The van der Waals surface area contributed by atoms with Crippen molar-refractivity contribution in [1.82, 2.24) is 0 Å². The summed E-state index contributed by atoms with van der Waals surface area (Å²) in [7, 11) is 0. The molecule has 0 fully saturated rings. The van der Waals surface area contributed by atoms with E-state index in [0.29, 0.717) is 6.54 Å². The molecule has 1 unspecified atom stereocenters. The minimum atomic E-state index is -0.483. The third kappa shape index (κ3) is 3.18. The van der Waals surface area contributed by atoms with Gasteiger partial charge in [-0.2, -0.15) is 0 Å². The third-order valence-corrected chi connectivity index (χ3v) is 1.98. The zero-order chi connectivity index (χ0) is 8.04. The lowest BCUT2D eigenvalue weighted by Gasteiger charge is -2.25. The maximum Gasteiger partial charge on any atom is 0.0657 e. The predicted octanol–water partition coefficient (Wildman–Crippen LogP) is 1.28. The van der Waals surface area contributed by atoms with Crippen LogP contribution in [0.15, 0.2) is 0 Å². The van der Waals surface area contributed by atoms with Gasteiger partial charge in [0.15, 0.2) is 0 Å². The highest BCUT2D eigenvalue weighted by atomic mass is 16.3. The summed E-state index contributed by atoms with van der Waals surface area (Å²) in [5.74, 6) is 0. The van der Waals surface area contributed by atoms with Gasteiger partial charge in [0, 0.05) is 0 Å². The molecule has 2 nitrogen and oxygen atoms in total. The normalized spacial score (nSPS) is 16.8. The summed E-state index contributed by atoms with van der Waals surface area (Å²) in [5.41, 5.74) is 4.88. The summed E-state index contributed by atoms with van der Waals surface area (Å²) in [5, 5.41) is 9.74. The Hall–Kier alpha value is -0.0800. The van der Waals surface area contributed by atoms with E-state index in [-0.39, 0.29) is 0 Å². The second-order valence-corrected chi connectivity index (χ2v) is 2.87. The molecule has 0 bridgehead atoms. The smallest absolute Gasteiger partial charge is 0.0657 e. The van der Waals surface area contributed by atoms with Crippen LogP contribution in [0.1, 0.15) is 39.5 Å². The fourth-order valence-electron chi connectivity index (χ4n) is 1.21. The first-order valence-corrected chi connectivity index (χ1v) is 4.11. The van der Waals surface area contributed by atoms with Crippen LogP contribution in [0.4, 0.5) is 0 Å². The van der Waals surface area contributed by atoms with Crippen LogP contribution in [0.5, 0.6) is 0 Å². The molecule has 0 aromatic carbocycles. The molecular weight excluding hydrogens is 126 g/mol. The maximum atomic E-state index is 9.74. The van der Waals surface area contributed by atoms with Crippen molar-refractivity contribution in [3.05, 3.63) is 0 Å². The minimum absolute atomic E-state index is 0.483. The van der Waals surface area contributed by atoms with Crippen molar-refractivity contribution in [2.24, 2.45) is 5.73 Å². The Labute approximate surface area is 63.4 Å². The standard InChI is InChI=1S/C8H19NO/c1-3-5-8(10,4-2)6-7-9/h10H,3-7,9H2,1-2H3. The van der Waals surface area contributed by atoms with E-state index in [0.717, 1.165) is 25.7 Å². The lowest BCUT2D eigenvalue weighted by Crippen LogP contribution is -2.30. The number of nitrogens with two attached hydrogens (primary N) is 1.